The maximum Gasteiger partial charge on any atom is 0.207 e. The molecule has 0 spiro atoms. The predicted molar refractivity (Wildman–Crippen MR) is 84.5 cm³/mol. The van der Waals surface area contributed by atoms with E-state index in [1.165, 1.54) is 7.11 Å². The van der Waals surface area contributed by atoms with E-state index >= 15 is 0 Å². The lowest BCUT2D eigenvalue weighted by Crippen LogP contribution is -2.67. The highest BCUT2D eigenvalue weighted by molar-refractivity contribution is 5.47. The summed E-state index contributed by atoms with van der Waals surface area (Å²) in [6.07, 6.45) is -7.71. The third-order valence-corrected chi connectivity index (χ3v) is 4.75. The summed E-state index contributed by atoms with van der Waals surface area (Å²) in [6.45, 7) is 3.23. The molecule has 26 heavy (non-hydrogen) atoms. The summed E-state index contributed by atoms with van der Waals surface area (Å²) in [5, 5.41) is 35.5. The lowest BCUT2D eigenvalue weighted by molar-refractivity contribution is -0.330. The van der Waals surface area contributed by atoms with E-state index in [9.17, 15) is 24.9 Å². The van der Waals surface area contributed by atoms with Gasteiger partial charge in [0.25, 0.3) is 0 Å². The van der Waals surface area contributed by atoms with Crippen molar-refractivity contribution < 1.29 is 43.9 Å². The van der Waals surface area contributed by atoms with Crippen molar-refractivity contribution in [1.29, 1.82) is 0 Å². The number of ether oxygens (including phenoxy) is 4. The molecule has 2 amide bonds. The maximum absolute atomic E-state index is 10.9. The highest BCUT2D eigenvalue weighted by Crippen LogP contribution is 2.29. The molecule has 2 rings (SSSR count). The van der Waals surface area contributed by atoms with Crippen LogP contribution in [0, 0.1) is 0 Å². The molecular weight excluding hydrogens is 352 g/mol. The lowest BCUT2D eigenvalue weighted by atomic mass is 9.95. The molecule has 0 aliphatic carbocycles. The Bertz CT molecular complexity index is 482. The normalized spacial score (nSPS) is 46.4. The van der Waals surface area contributed by atoms with Crippen molar-refractivity contribution in [2.24, 2.45) is 0 Å². The Morgan fingerprint density at radius 1 is 0.885 bits per heavy atom. The van der Waals surface area contributed by atoms with Crippen molar-refractivity contribution in [3.63, 3.8) is 0 Å². The Balaban J connectivity index is 2.19. The Kier molecular flexibility index (Phi) is 7.29. The molecular formula is C15H26N2O9. The van der Waals surface area contributed by atoms with Crippen LogP contribution >= 0.6 is 0 Å². The molecule has 0 aromatic carbocycles. The van der Waals surface area contributed by atoms with Crippen LogP contribution in [0.3, 0.4) is 0 Å². The molecule has 11 heteroatoms. The van der Waals surface area contributed by atoms with Gasteiger partial charge in [0.05, 0.1) is 24.3 Å². The number of aliphatic hydroxyl groups is 3. The first-order chi connectivity index (χ1) is 12.3. The molecule has 11 nitrogen and oxygen atoms in total. The lowest BCUT2D eigenvalue weighted by Gasteiger charge is -2.47. The summed E-state index contributed by atoms with van der Waals surface area (Å²) < 4.78 is 21.9. The Hall–Kier alpha value is -1.34. The van der Waals surface area contributed by atoms with Crippen molar-refractivity contribution in [2.45, 2.75) is 75.1 Å². The second-order valence-corrected chi connectivity index (χ2v) is 6.34. The zero-order chi connectivity index (χ0) is 19.4. The minimum atomic E-state index is -1.52. The monoisotopic (exact) mass is 378 g/mol. The molecule has 0 saturated carbocycles. The van der Waals surface area contributed by atoms with Crippen LogP contribution in [0.15, 0.2) is 0 Å². The van der Waals surface area contributed by atoms with Crippen molar-refractivity contribution >= 4 is 12.8 Å². The molecule has 5 N–H and O–H groups in total. The minimum Gasteiger partial charge on any atom is -0.388 e. The largest absolute Gasteiger partial charge is 0.388 e. The molecule has 0 radical (unpaired) electrons. The second kappa shape index (κ2) is 9.04. The van der Waals surface area contributed by atoms with E-state index in [4.69, 9.17) is 18.9 Å². The van der Waals surface area contributed by atoms with Gasteiger partial charge in [0.1, 0.15) is 24.4 Å². The molecule has 10 atom stereocenters. The number of carbonyl (C=O) groups is 2. The first-order valence-corrected chi connectivity index (χ1v) is 8.28. The predicted octanol–water partition coefficient (Wildman–Crippen LogP) is -3.18. The highest BCUT2D eigenvalue weighted by Gasteiger charge is 2.50. The molecule has 0 bridgehead atoms. The van der Waals surface area contributed by atoms with E-state index in [-0.39, 0.29) is 0 Å². The Morgan fingerprint density at radius 2 is 1.46 bits per heavy atom. The summed E-state index contributed by atoms with van der Waals surface area (Å²) >= 11 is 0. The van der Waals surface area contributed by atoms with Crippen molar-refractivity contribution in [1.82, 2.24) is 10.6 Å². The third-order valence-electron chi connectivity index (χ3n) is 4.75. The highest BCUT2D eigenvalue weighted by atomic mass is 16.7. The van der Waals surface area contributed by atoms with E-state index in [2.05, 4.69) is 10.6 Å². The average molecular weight is 378 g/mol. The number of aliphatic hydroxyl groups excluding tert-OH is 3. The van der Waals surface area contributed by atoms with Crippen LogP contribution in [-0.4, -0.2) is 96.5 Å². The van der Waals surface area contributed by atoms with E-state index in [1.54, 1.807) is 13.8 Å². The van der Waals surface area contributed by atoms with Crippen LogP contribution in [0.5, 0.6) is 0 Å². The number of hydrogen-bond donors (Lipinski definition) is 5. The summed E-state index contributed by atoms with van der Waals surface area (Å²) in [6, 6.07) is -1.49. The molecule has 150 valence electrons. The van der Waals surface area contributed by atoms with E-state index in [0.29, 0.717) is 12.8 Å². The van der Waals surface area contributed by atoms with Crippen molar-refractivity contribution in [2.75, 3.05) is 7.11 Å². The first kappa shape index (κ1) is 21.0. The minimum absolute atomic E-state index is 0.433. The van der Waals surface area contributed by atoms with Gasteiger partial charge >= 0.3 is 0 Å². The van der Waals surface area contributed by atoms with Gasteiger partial charge in [0.15, 0.2) is 12.6 Å². The fourth-order valence-corrected chi connectivity index (χ4v) is 3.35. The SMILES string of the molecule is CO[C@@H]1[C@@H](O[C@@H]2[C@H](O)[C@@H](O)O[C@H](C)[C@H]2NC=O)O[C@H](C)[C@@H](NC=O)[C@@H]1O. The zero-order valence-electron chi connectivity index (χ0n) is 14.7. The van der Waals surface area contributed by atoms with Gasteiger partial charge in [-0.05, 0) is 13.8 Å². The number of hydrogen-bond acceptors (Lipinski definition) is 9. The molecule has 2 fully saturated rings. The van der Waals surface area contributed by atoms with E-state index < -0.39 is 61.3 Å². The molecule has 2 saturated heterocycles. The average Bonchev–Trinajstić information content (AvgIpc) is 2.59. The molecule has 2 aliphatic rings. The third kappa shape index (κ3) is 4.14. The van der Waals surface area contributed by atoms with Crippen LogP contribution < -0.4 is 10.6 Å². The summed E-state index contributed by atoms with van der Waals surface area (Å²) in [5.74, 6) is 0. The summed E-state index contributed by atoms with van der Waals surface area (Å²) in [4.78, 5) is 21.6. The van der Waals surface area contributed by atoms with E-state index in [1.807, 2.05) is 0 Å². The van der Waals surface area contributed by atoms with Gasteiger partial charge in [0.2, 0.25) is 12.8 Å². The standard InChI is InChI=1S/C15H26N2O9/c1-6-8(16-4-18)10(20)13(23-3)15(25-6)26-12-9(17-5-19)7(2)24-14(22)11(12)21/h4-15,20-22H,1-3H3,(H,16,18)(H,17,19)/t6-,7-,8-,9-,10+,11+,12+,13+,14+,15-/m1/s1. The summed E-state index contributed by atoms with van der Waals surface area (Å²) in [5.41, 5.74) is 0. The number of rotatable bonds is 7. The van der Waals surface area contributed by atoms with Gasteiger partial charge in [0, 0.05) is 7.11 Å². The molecule has 0 unspecified atom stereocenters. The quantitative estimate of drug-likeness (QED) is 0.288. The molecule has 0 aromatic heterocycles. The van der Waals surface area contributed by atoms with Crippen LogP contribution in [0.25, 0.3) is 0 Å². The van der Waals surface area contributed by atoms with Gasteiger partial charge in [-0.1, -0.05) is 0 Å². The van der Waals surface area contributed by atoms with Gasteiger partial charge < -0.3 is 44.9 Å². The van der Waals surface area contributed by atoms with Crippen LogP contribution in [0.1, 0.15) is 13.8 Å². The number of amides is 2. The van der Waals surface area contributed by atoms with Crippen molar-refractivity contribution in [3.05, 3.63) is 0 Å². The Labute approximate surface area is 150 Å². The van der Waals surface area contributed by atoms with Crippen LogP contribution in [-0.2, 0) is 28.5 Å². The topological polar surface area (TPSA) is 156 Å². The van der Waals surface area contributed by atoms with Gasteiger partial charge in [-0.3, -0.25) is 9.59 Å². The summed E-state index contributed by atoms with van der Waals surface area (Å²) in [7, 11) is 1.33. The zero-order valence-corrected chi connectivity index (χ0v) is 14.7. The number of nitrogens with one attached hydrogen (secondary N) is 2. The molecule has 0 aromatic rings. The van der Waals surface area contributed by atoms with E-state index in [0.717, 1.165) is 0 Å². The van der Waals surface area contributed by atoms with Gasteiger partial charge in [-0.2, -0.15) is 0 Å². The van der Waals surface area contributed by atoms with Crippen molar-refractivity contribution in [3.8, 4) is 0 Å². The fraction of sp³-hybridized carbons (Fsp3) is 0.867. The molecule has 2 heterocycles. The second-order valence-electron chi connectivity index (χ2n) is 6.34. The Morgan fingerprint density at radius 3 is 2.04 bits per heavy atom. The van der Waals surface area contributed by atoms with Gasteiger partial charge in [-0.15, -0.1) is 0 Å². The number of methoxy groups -OCH3 is 1. The first-order valence-electron chi connectivity index (χ1n) is 8.28. The van der Waals surface area contributed by atoms with Crippen LogP contribution in [0.2, 0.25) is 0 Å². The van der Waals surface area contributed by atoms with Crippen LogP contribution in [0.4, 0.5) is 0 Å². The number of carbonyl (C=O) groups excluding carboxylic acids is 2. The van der Waals surface area contributed by atoms with Gasteiger partial charge in [-0.25, -0.2) is 0 Å². The molecule has 2 aliphatic heterocycles. The fourth-order valence-electron chi connectivity index (χ4n) is 3.35. The smallest absolute Gasteiger partial charge is 0.207 e. The maximum atomic E-state index is 10.9.